The summed E-state index contributed by atoms with van der Waals surface area (Å²) in [6, 6.07) is 9.64. The van der Waals surface area contributed by atoms with Crippen LogP contribution in [-0.4, -0.2) is 39.9 Å². The van der Waals surface area contributed by atoms with E-state index >= 15 is 0 Å². The number of aromatic nitrogens is 4. The van der Waals surface area contributed by atoms with Gasteiger partial charge in [-0.1, -0.05) is 12.1 Å². The highest BCUT2D eigenvalue weighted by Gasteiger charge is 2.25. The minimum atomic E-state index is -0.629. The standard InChI is InChI=1S/C19H15FN6O3/c20-12-3-1-11(2-4-12)17-10-26(5-6-29-17)16-7-14(24-25-15(16)8-21)13-9-22-19(28)23-18(13)27/h1-4,7,9,17H,5-6,10H2,(H2,22,23,27,28). The Labute approximate surface area is 163 Å². The molecule has 1 saturated heterocycles. The summed E-state index contributed by atoms with van der Waals surface area (Å²) in [7, 11) is 0. The Kier molecular flexibility index (Phi) is 4.88. The molecule has 2 N–H and O–H groups in total. The van der Waals surface area contributed by atoms with Crippen LogP contribution in [0.5, 0.6) is 0 Å². The molecule has 1 unspecified atom stereocenters. The van der Waals surface area contributed by atoms with Crippen LogP contribution in [0.3, 0.4) is 0 Å². The molecule has 0 radical (unpaired) electrons. The van der Waals surface area contributed by atoms with E-state index in [0.29, 0.717) is 25.4 Å². The molecular formula is C19H15FN6O3. The van der Waals surface area contributed by atoms with Gasteiger partial charge in [0.2, 0.25) is 0 Å². The summed E-state index contributed by atoms with van der Waals surface area (Å²) < 4.78 is 19.0. The van der Waals surface area contributed by atoms with Crippen molar-refractivity contribution in [2.45, 2.75) is 6.10 Å². The summed E-state index contributed by atoms with van der Waals surface area (Å²) in [6.07, 6.45) is 0.936. The average Bonchev–Trinajstić information content (AvgIpc) is 2.74. The molecule has 0 aliphatic carbocycles. The lowest BCUT2D eigenvalue weighted by Crippen LogP contribution is -2.39. The highest BCUT2D eigenvalue weighted by molar-refractivity contribution is 5.66. The van der Waals surface area contributed by atoms with E-state index in [1.807, 2.05) is 11.0 Å². The predicted molar refractivity (Wildman–Crippen MR) is 101 cm³/mol. The normalized spacial score (nSPS) is 16.4. The van der Waals surface area contributed by atoms with Crippen LogP contribution in [0.2, 0.25) is 0 Å². The average molecular weight is 394 g/mol. The van der Waals surface area contributed by atoms with Crippen molar-refractivity contribution in [1.82, 2.24) is 20.2 Å². The smallest absolute Gasteiger partial charge is 0.325 e. The summed E-state index contributed by atoms with van der Waals surface area (Å²) in [5.74, 6) is -0.331. The second-order valence-electron chi connectivity index (χ2n) is 6.42. The van der Waals surface area contributed by atoms with E-state index in [0.717, 1.165) is 5.56 Å². The Morgan fingerprint density at radius 3 is 2.76 bits per heavy atom. The highest BCUT2D eigenvalue weighted by Crippen LogP contribution is 2.29. The molecule has 0 spiro atoms. The van der Waals surface area contributed by atoms with Crippen molar-refractivity contribution >= 4 is 5.69 Å². The number of ether oxygens (including phenoxy) is 1. The first kappa shape index (κ1) is 18.5. The number of hydrogen-bond donors (Lipinski definition) is 2. The van der Waals surface area contributed by atoms with Gasteiger partial charge in [-0.3, -0.25) is 9.78 Å². The van der Waals surface area contributed by atoms with Crippen molar-refractivity contribution in [2.75, 3.05) is 24.6 Å². The molecule has 1 aliphatic heterocycles. The summed E-state index contributed by atoms with van der Waals surface area (Å²) in [6.45, 7) is 1.30. The van der Waals surface area contributed by atoms with Crippen LogP contribution in [-0.2, 0) is 4.74 Å². The van der Waals surface area contributed by atoms with Crippen LogP contribution >= 0.6 is 0 Å². The molecule has 9 nitrogen and oxygen atoms in total. The van der Waals surface area contributed by atoms with Gasteiger partial charge >= 0.3 is 5.69 Å². The zero-order chi connectivity index (χ0) is 20.4. The lowest BCUT2D eigenvalue weighted by Gasteiger charge is -2.35. The van der Waals surface area contributed by atoms with Gasteiger partial charge in [-0.05, 0) is 23.8 Å². The Morgan fingerprint density at radius 1 is 1.24 bits per heavy atom. The van der Waals surface area contributed by atoms with Crippen LogP contribution in [0.1, 0.15) is 17.4 Å². The second kappa shape index (κ2) is 7.65. The van der Waals surface area contributed by atoms with Gasteiger partial charge in [0, 0.05) is 19.3 Å². The first-order valence-electron chi connectivity index (χ1n) is 8.77. The molecule has 1 atom stereocenters. The van der Waals surface area contributed by atoms with Crippen molar-refractivity contribution < 1.29 is 9.13 Å². The number of halogens is 1. The summed E-state index contributed by atoms with van der Waals surface area (Å²) in [5.41, 5.74) is 0.537. The Morgan fingerprint density at radius 2 is 2.03 bits per heavy atom. The number of nitrogens with zero attached hydrogens (tertiary/aromatic N) is 4. The quantitative estimate of drug-likeness (QED) is 0.681. The maximum atomic E-state index is 13.2. The fraction of sp³-hybridized carbons (Fsp3) is 0.211. The Balaban J connectivity index is 1.69. The Bertz CT molecular complexity index is 1200. The van der Waals surface area contributed by atoms with Gasteiger partial charge in [0.1, 0.15) is 23.7 Å². The first-order valence-corrected chi connectivity index (χ1v) is 8.77. The van der Waals surface area contributed by atoms with Gasteiger partial charge in [-0.25, -0.2) is 9.18 Å². The predicted octanol–water partition coefficient (Wildman–Crippen LogP) is 1.11. The van der Waals surface area contributed by atoms with E-state index in [1.165, 1.54) is 18.3 Å². The molecule has 4 rings (SSSR count). The van der Waals surface area contributed by atoms with Crippen LogP contribution in [0.15, 0.2) is 46.1 Å². The molecule has 2 aromatic heterocycles. The number of benzene rings is 1. The molecule has 0 saturated carbocycles. The lowest BCUT2D eigenvalue weighted by atomic mass is 10.1. The van der Waals surface area contributed by atoms with Crippen molar-refractivity contribution in [1.29, 1.82) is 5.26 Å². The van der Waals surface area contributed by atoms with Gasteiger partial charge < -0.3 is 14.6 Å². The van der Waals surface area contributed by atoms with E-state index in [9.17, 15) is 19.2 Å². The van der Waals surface area contributed by atoms with Crippen LogP contribution in [0.25, 0.3) is 11.3 Å². The molecule has 10 heteroatoms. The van der Waals surface area contributed by atoms with Gasteiger partial charge in [0.25, 0.3) is 5.56 Å². The molecule has 29 heavy (non-hydrogen) atoms. The number of nitrogens with one attached hydrogen (secondary N) is 2. The lowest BCUT2D eigenvalue weighted by molar-refractivity contribution is 0.0397. The van der Waals surface area contributed by atoms with E-state index < -0.39 is 11.2 Å². The van der Waals surface area contributed by atoms with Crippen LogP contribution < -0.4 is 16.1 Å². The topological polar surface area (TPSA) is 128 Å². The zero-order valence-corrected chi connectivity index (χ0v) is 15.1. The molecular weight excluding hydrogens is 379 g/mol. The fourth-order valence-corrected chi connectivity index (χ4v) is 3.18. The van der Waals surface area contributed by atoms with Crippen molar-refractivity contribution in [3.8, 4) is 17.3 Å². The molecule has 3 aromatic rings. The third-order valence-electron chi connectivity index (χ3n) is 4.62. The Hall–Kier alpha value is -3.84. The summed E-state index contributed by atoms with van der Waals surface area (Å²) in [5, 5.41) is 17.3. The fourth-order valence-electron chi connectivity index (χ4n) is 3.18. The number of nitriles is 1. The van der Waals surface area contributed by atoms with Gasteiger partial charge in [0.15, 0.2) is 5.69 Å². The summed E-state index contributed by atoms with van der Waals surface area (Å²) >= 11 is 0. The van der Waals surface area contributed by atoms with Gasteiger partial charge in [-0.2, -0.15) is 5.26 Å². The van der Waals surface area contributed by atoms with Gasteiger partial charge in [0.05, 0.1) is 17.9 Å². The molecule has 3 heterocycles. The monoisotopic (exact) mass is 394 g/mol. The van der Waals surface area contributed by atoms with Crippen LogP contribution in [0.4, 0.5) is 10.1 Å². The minimum Gasteiger partial charge on any atom is -0.370 e. The number of aromatic amines is 2. The maximum Gasteiger partial charge on any atom is 0.325 e. The van der Waals surface area contributed by atoms with E-state index in [-0.39, 0.29) is 28.9 Å². The summed E-state index contributed by atoms with van der Waals surface area (Å²) in [4.78, 5) is 29.8. The first-order chi connectivity index (χ1) is 14.0. The van der Waals surface area contributed by atoms with Crippen LogP contribution in [0, 0.1) is 17.1 Å². The van der Waals surface area contributed by atoms with Crippen molar-refractivity contribution in [3.63, 3.8) is 0 Å². The highest BCUT2D eigenvalue weighted by atomic mass is 19.1. The minimum absolute atomic E-state index is 0.106. The molecule has 0 amide bonds. The maximum absolute atomic E-state index is 13.2. The largest absolute Gasteiger partial charge is 0.370 e. The van der Waals surface area contributed by atoms with Crippen molar-refractivity contribution in [3.05, 3.63) is 74.4 Å². The number of hydrogen-bond acceptors (Lipinski definition) is 7. The van der Waals surface area contributed by atoms with Crippen molar-refractivity contribution in [2.24, 2.45) is 0 Å². The molecule has 1 fully saturated rings. The molecule has 1 aliphatic rings. The van der Waals surface area contributed by atoms with E-state index in [4.69, 9.17) is 4.74 Å². The SMILES string of the molecule is N#Cc1nnc(-c2c[nH]c(=O)[nH]c2=O)cc1N1CCOC(c2ccc(F)cc2)C1. The molecule has 1 aromatic carbocycles. The molecule has 146 valence electrons. The second-order valence-corrected chi connectivity index (χ2v) is 6.42. The van der Waals surface area contributed by atoms with E-state index in [1.54, 1.807) is 18.2 Å². The third kappa shape index (κ3) is 3.76. The molecule has 0 bridgehead atoms. The number of morpholine rings is 1. The number of rotatable bonds is 3. The third-order valence-corrected chi connectivity index (χ3v) is 4.62. The van der Waals surface area contributed by atoms with E-state index in [2.05, 4.69) is 20.2 Å². The zero-order valence-electron chi connectivity index (χ0n) is 15.1. The number of H-pyrrole nitrogens is 2. The van der Waals surface area contributed by atoms with Gasteiger partial charge in [-0.15, -0.1) is 10.2 Å². The number of anilines is 1.